The van der Waals surface area contributed by atoms with Crippen LogP contribution < -0.4 is 24.4 Å². The molecule has 2 saturated heterocycles. The molecule has 0 radical (unpaired) electrons. The lowest BCUT2D eigenvalue weighted by atomic mass is 10.0. The SMILES string of the molecule is COc1nc(OC[C@@H]2CCCN2C(=O)OC(=O)N2CCC[C@H]2C(O)c2nc3c(c(OC)n2)CCNC3)nc2c1CCN(c1cccc3cccc(Cl)c13)C2. The van der Waals surface area contributed by atoms with Crippen LogP contribution in [-0.2, 0) is 30.7 Å². The van der Waals surface area contributed by atoms with Gasteiger partial charge in [-0.05, 0) is 62.6 Å². The first-order valence-electron chi connectivity index (χ1n) is 18.4. The van der Waals surface area contributed by atoms with Crippen molar-refractivity contribution in [1.82, 2.24) is 35.1 Å². The van der Waals surface area contributed by atoms with E-state index < -0.39 is 24.3 Å². The molecule has 15 nitrogen and oxygen atoms in total. The van der Waals surface area contributed by atoms with Gasteiger partial charge in [-0.3, -0.25) is 0 Å². The second-order valence-corrected chi connectivity index (χ2v) is 14.4. The molecule has 2 aromatic carbocycles. The fraction of sp³-hybridized carbons (Fsp3) is 0.474. The van der Waals surface area contributed by atoms with Crippen molar-refractivity contribution in [2.24, 2.45) is 0 Å². The molecule has 6 heterocycles. The summed E-state index contributed by atoms with van der Waals surface area (Å²) in [6.45, 7) is 3.40. The topological polar surface area (TPSA) is 165 Å². The Morgan fingerprint density at radius 2 is 1.65 bits per heavy atom. The Hall–Kier alpha value is -4.99. The first kappa shape index (κ1) is 36.0. The number of ether oxygens (including phenoxy) is 4. The summed E-state index contributed by atoms with van der Waals surface area (Å²) < 4.78 is 22.7. The highest BCUT2D eigenvalue weighted by Gasteiger charge is 2.40. The van der Waals surface area contributed by atoms with Crippen LogP contribution in [-0.4, -0.2) is 106 Å². The van der Waals surface area contributed by atoms with E-state index in [1.165, 1.54) is 16.9 Å². The summed E-state index contributed by atoms with van der Waals surface area (Å²) in [5.74, 6) is 1.05. The van der Waals surface area contributed by atoms with Gasteiger partial charge in [0.1, 0.15) is 12.7 Å². The number of likely N-dealkylation sites (tertiary alicyclic amines) is 2. The van der Waals surface area contributed by atoms with Crippen LogP contribution in [0.3, 0.4) is 0 Å². The normalized spacial score (nSPS) is 20.0. The summed E-state index contributed by atoms with van der Waals surface area (Å²) in [5, 5.41) is 17.4. The van der Waals surface area contributed by atoms with Crippen LogP contribution >= 0.6 is 11.6 Å². The second-order valence-electron chi connectivity index (χ2n) is 14.0. The number of carbonyl (C=O) groups is 2. The minimum Gasteiger partial charge on any atom is -0.481 e. The first-order valence-corrected chi connectivity index (χ1v) is 18.8. The molecule has 3 atom stereocenters. The maximum atomic E-state index is 13.4. The van der Waals surface area contributed by atoms with Gasteiger partial charge in [-0.15, -0.1) is 0 Å². The lowest BCUT2D eigenvalue weighted by molar-refractivity contribution is 0.0473. The number of aliphatic hydroxyl groups is 1. The van der Waals surface area contributed by atoms with Crippen molar-refractivity contribution in [1.29, 1.82) is 0 Å². The number of anilines is 1. The Kier molecular flexibility index (Phi) is 10.3. The summed E-state index contributed by atoms with van der Waals surface area (Å²) in [5.41, 5.74) is 4.42. The monoisotopic (exact) mass is 758 g/mol. The van der Waals surface area contributed by atoms with E-state index in [1.54, 1.807) is 7.11 Å². The van der Waals surface area contributed by atoms with E-state index in [-0.39, 0.29) is 24.5 Å². The van der Waals surface area contributed by atoms with Crippen molar-refractivity contribution >= 4 is 40.2 Å². The van der Waals surface area contributed by atoms with Crippen molar-refractivity contribution < 1.29 is 33.6 Å². The maximum absolute atomic E-state index is 13.4. The van der Waals surface area contributed by atoms with Crippen molar-refractivity contribution in [3.05, 3.63) is 69.8 Å². The molecule has 284 valence electrons. The molecule has 1 unspecified atom stereocenters. The number of carbonyl (C=O) groups excluding carboxylic acids is 2. The van der Waals surface area contributed by atoms with E-state index in [9.17, 15) is 14.7 Å². The molecule has 0 bridgehead atoms. The van der Waals surface area contributed by atoms with Crippen molar-refractivity contribution in [2.45, 2.75) is 69.8 Å². The third-order valence-electron chi connectivity index (χ3n) is 10.8. The van der Waals surface area contributed by atoms with Gasteiger partial charge < -0.3 is 44.1 Å². The summed E-state index contributed by atoms with van der Waals surface area (Å²) in [6.07, 6.45) is 1.13. The number of rotatable bonds is 8. The third kappa shape index (κ3) is 6.91. The predicted octanol–water partition coefficient (Wildman–Crippen LogP) is 4.60. The van der Waals surface area contributed by atoms with E-state index in [0.717, 1.165) is 58.5 Å². The molecular formula is C38H43ClN8O7. The zero-order chi connectivity index (χ0) is 37.3. The Morgan fingerprint density at radius 3 is 2.48 bits per heavy atom. The highest BCUT2D eigenvalue weighted by atomic mass is 35.5. The zero-order valence-electron chi connectivity index (χ0n) is 30.3. The quantitative estimate of drug-likeness (QED) is 0.240. The molecule has 0 saturated carbocycles. The summed E-state index contributed by atoms with van der Waals surface area (Å²) in [7, 11) is 3.12. The number of fused-ring (bicyclic) bond motifs is 3. The lowest BCUT2D eigenvalue weighted by Crippen LogP contribution is -2.45. The van der Waals surface area contributed by atoms with E-state index in [4.69, 9.17) is 35.5 Å². The molecule has 16 heteroatoms. The van der Waals surface area contributed by atoms with E-state index >= 15 is 0 Å². The number of hydrogen-bond acceptors (Lipinski definition) is 13. The first-order chi connectivity index (χ1) is 26.3. The lowest BCUT2D eigenvalue weighted by Gasteiger charge is -2.31. The van der Waals surface area contributed by atoms with Crippen LogP contribution in [0.5, 0.6) is 17.8 Å². The highest BCUT2D eigenvalue weighted by molar-refractivity contribution is 6.36. The van der Waals surface area contributed by atoms with Gasteiger partial charge in [0.15, 0.2) is 5.82 Å². The van der Waals surface area contributed by atoms with Crippen LogP contribution in [0.1, 0.15) is 60.1 Å². The number of hydrogen-bond donors (Lipinski definition) is 2. The number of amides is 2. The van der Waals surface area contributed by atoms with Gasteiger partial charge in [-0.25, -0.2) is 14.6 Å². The van der Waals surface area contributed by atoms with Crippen molar-refractivity contribution in [3.63, 3.8) is 0 Å². The summed E-state index contributed by atoms with van der Waals surface area (Å²) >= 11 is 6.65. The van der Waals surface area contributed by atoms with Gasteiger partial charge in [-0.1, -0.05) is 35.9 Å². The number of methoxy groups -OCH3 is 2. The van der Waals surface area contributed by atoms with Gasteiger partial charge in [0.2, 0.25) is 11.8 Å². The molecule has 0 spiro atoms. The molecule has 4 aliphatic rings. The fourth-order valence-corrected chi connectivity index (χ4v) is 8.41. The standard InChI is InChI=1S/C38H43ClN8O7/c1-51-34-24-13-15-40-19-27(24)41-33(43-34)32(48)30-12-6-17-47(30)38(50)54-37(49)46-16-5-9-23(46)21-53-36-42-28-20-45(18-14-25(28)35(44-36)52-2)29-11-4-8-22-7-3-10-26(39)31(22)29/h3-4,7-8,10-11,23,30,32,40,48H,5-6,9,12-21H2,1-2H3/t23-,30-,32?/m0/s1. The smallest absolute Gasteiger partial charge is 0.419 e. The van der Waals surface area contributed by atoms with Gasteiger partial charge in [0.05, 0.1) is 49.3 Å². The molecule has 4 aromatic rings. The predicted molar refractivity (Wildman–Crippen MR) is 198 cm³/mol. The zero-order valence-corrected chi connectivity index (χ0v) is 31.0. The molecule has 4 aliphatic heterocycles. The molecule has 8 rings (SSSR count). The van der Waals surface area contributed by atoms with Crippen LogP contribution in [0, 0.1) is 0 Å². The molecule has 2 fully saturated rings. The minimum absolute atomic E-state index is 0.102. The second kappa shape index (κ2) is 15.4. The van der Waals surface area contributed by atoms with E-state index in [1.807, 2.05) is 30.3 Å². The van der Waals surface area contributed by atoms with E-state index in [2.05, 4.69) is 31.2 Å². The van der Waals surface area contributed by atoms with Gasteiger partial charge in [0, 0.05) is 48.4 Å². The number of nitrogens with zero attached hydrogens (tertiary/aromatic N) is 7. The number of nitrogens with one attached hydrogen (secondary N) is 1. The van der Waals surface area contributed by atoms with Crippen LogP contribution in [0.15, 0.2) is 36.4 Å². The summed E-state index contributed by atoms with van der Waals surface area (Å²) in [6, 6.07) is 11.2. The van der Waals surface area contributed by atoms with E-state index in [0.29, 0.717) is 75.1 Å². The molecule has 2 N–H and O–H groups in total. The molecule has 2 aromatic heterocycles. The fourth-order valence-electron chi connectivity index (χ4n) is 8.13. The Bertz CT molecular complexity index is 2050. The highest BCUT2D eigenvalue weighted by Crippen LogP contribution is 2.37. The summed E-state index contributed by atoms with van der Waals surface area (Å²) in [4.78, 5) is 50.4. The minimum atomic E-state index is -1.19. The molecule has 54 heavy (non-hydrogen) atoms. The number of aliphatic hydroxyl groups excluding tert-OH is 1. The molecule has 2 amide bonds. The number of aromatic nitrogens is 4. The van der Waals surface area contributed by atoms with Crippen LogP contribution in [0.4, 0.5) is 15.3 Å². The largest absolute Gasteiger partial charge is 0.481 e. The maximum Gasteiger partial charge on any atom is 0.419 e. The Morgan fingerprint density at radius 1 is 0.907 bits per heavy atom. The molecule has 0 aliphatic carbocycles. The van der Waals surface area contributed by atoms with Crippen LogP contribution in [0.2, 0.25) is 5.02 Å². The average molecular weight is 759 g/mol. The van der Waals surface area contributed by atoms with Gasteiger partial charge in [-0.2, -0.15) is 15.0 Å². The molecular weight excluding hydrogens is 716 g/mol. The van der Waals surface area contributed by atoms with Gasteiger partial charge >= 0.3 is 18.2 Å². The Labute approximate surface area is 317 Å². The van der Waals surface area contributed by atoms with Crippen molar-refractivity contribution in [3.8, 4) is 17.8 Å². The number of halogens is 1. The van der Waals surface area contributed by atoms with Gasteiger partial charge in [0.25, 0.3) is 0 Å². The average Bonchev–Trinajstić information content (AvgIpc) is 3.89. The number of benzene rings is 2. The third-order valence-corrected chi connectivity index (χ3v) is 11.2. The van der Waals surface area contributed by atoms with Crippen molar-refractivity contribution in [2.75, 3.05) is 51.9 Å². The Balaban J connectivity index is 0.920. The van der Waals surface area contributed by atoms with Crippen LogP contribution in [0.25, 0.3) is 10.8 Å².